The maximum atomic E-state index is 11.9. The SMILES string of the molecule is C[C@@H](OC(=O)c1cc[n+]([O-])cc1)C(=O)NCCC1=CCCCC1. The molecule has 0 fully saturated rings. The summed E-state index contributed by atoms with van der Waals surface area (Å²) in [6.45, 7) is 2.08. The Morgan fingerprint density at radius 2 is 2.09 bits per heavy atom. The van der Waals surface area contributed by atoms with E-state index in [-0.39, 0.29) is 11.5 Å². The Morgan fingerprint density at radius 3 is 2.74 bits per heavy atom. The summed E-state index contributed by atoms with van der Waals surface area (Å²) in [5, 5.41) is 13.7. The van der Waals surface area contributed by atoms with Gasteiger partial charge < -0.3 is 15.3 Å². The van der Waals surface area contributed by atoms with Crippen molar-refractivity contribution in [3.05, 3.63) is 46.9 Å². The van der Waals surface area contributed by atoms with E-state index in [0.717, 1.165) is 19.3 Å². The smallest absolute Gasteiger partial charge is 0.339 e. The molecule has 2 rings (SSSR count). The molecule has 6 nitrogen and oxygen atoms in total. The Bertz CT molecular complexity index is 581. The van der Waals surface area contributed by atoms with Gasteiger partial charge in [-0.15, -0.1) is 0 Å². The van der Waals surface area contributed by atoms with Gasteiger partial charge in [-0.1, -0.05) is 11.6 Å². The Labute approximate surface area is 135 Å². The number of hydrogen-bond donors (Lipinski definition) is 1. The highest BCUT2D eigenvalue weighted by Crippen LogP contribution is 2.19. The molecule has 0 saturated carbocycles. The van der Waals surface area contributed by atoms with Gasteiger partial charge in [0.1, 0.15) is 0 Å². The summed E-state index contributed by atoms with van der Waals surface area (Å²) in [5.41, 5.74) is 1.63. The highest BCUT2D eigenvalue weighted by molar-refractivity contribution is 5.91. The number of carbonyl (C=O) groups excluding carboxylic acids is 2. The summed E-state index contributed by atoms with van der Waals surface area (Å²) in [6, 6.07) is 2.71. The molecule has 0 radical (unpaired) electrons. The average Bonchev–Trinajstić information content (AvgIpc) is 2.56. The lowest BCUT2D eigenvalue weighted by Crippen LogP contribution is -2.36. The number of nitrogens with one attached hydrogen (secondary N) is 1. The van der Waals surface area contributed by atoms with E-state index < -0.39 is 12.1 Å². The number of aromatic nitrogens is 1. The summed E-state index contributed by atoms with van der Waals surface area (Å²) in [5.74, 6) is -0.937. The molecule has 1 aliphatic rings. The molecule has 124 valence electrons. The molecule has 1 atom stereocenters. The van der Waals surface area contributed by atoms with Crippen molar-refractivity contribution in [3.8, 4) is 0 Å². The fraction of sp³-hybridized carbons (Fsp3) is 0.471. The lowest BCUT2D eigenvalue weighted by Gasteiger charge is -2.15. The Hall–Kier alpha value is -2.37. The van der Waals surface area contributed by atoms with E-state index in [1.165, 1.54) is 49.9 Å². The van der Waals surface area contributed by atoms with Crippen LogP contribution in [-0.2, 0) is 9.53 Å². The third-order valence-corrected chi connectivity index (χ3v) is 3.82. The zero-order chi connectivity index (χ0) is 16.7. The van der Waals surface area contributed by atoms with Gasteiger partial charge in [0.25, 0.3) is 5.91 Å². The van der Waals surface area contributed by atoms with Crippen LogP contribution in [0.4, 0.5) is 0 Å². The number of amides is 1. The Kier molecular flexibility index (Phi) is 6.14. The van der Waals surface area contributed by atoms with Gasteiger partial charge in [-0.25, -0.2) is 4.79 Å². The van der Waals surface area contributed by atoms with Gasteiger partial charge in [0, 0.05) is 18.7 Å². The molecule has 6 heteroatoms. The van der Waals surface area contributed by atoms with Gasteiger partial charge in [-0.2, -0.15) is 4.73 Å². The summed E-state index contributed by atoms with van der Waals surface area (Å²) in [6.07, 6.45) is 9.32. The number of carbonyl (C=O) groups is 2. The minimum atomic E-state index is -0.873. The molecule has 1 heterocycles. The van der Waals surface area contributed by atoms with Crippen molar-refractivity contribution in [3.63, 3.8) is 0 Å². The van der Waals surface area contributed by atoms with Crippen LogP contribution in [0.3, 0.4) is 0 Å². The molecule has 23 heavy (non-hydrogen) atoms. The van der Waals surface area contributed by atoms with Gasteiger partial charge in [-0.05, 0) is 39.0 Å². The largest absolute Gasteiger partial charge is 0.619 e. The van der Waals surface area contributed by atoms with Gasteiger partial charge in [0.05, 0.1) is 5.56 Å². The van der Waals surface area contributed by atoms with Crippen LogP contribution in [0, 0.1) is 5.21 Å². The number of pyridine rings is 1. The molecule has 1 aromatic rings. The maximum Gasteiger partial charge on any atom is 0.339 e. The van der Waals surface area contributed by atoms with Crippen LogP contribution in [0.2, 0.25) is 0 Å². The lowest BCUT2D eigenvalue weighted by atomic mass is 9.97. The zero-order valence-corrected chi connectivity index (χ0v) is 13.3. The molecule has 1 amide bonds. The van der Waals surface area contributed by atoms with E-state index >= 15 is 0 Å². The third kappa shape index (κ3) is 5.39. The van der Waals surface area contributed by atoms with Crippen molar-refractivity contribution in [2.45, 2.75) is 45.1 Å². The van der Waals surface area contributed by atoms with Crippen molar-refractivity contribution in [2.24, 2.45) is 0 Å². The molecule has 0 aromatic carbocycles. The third-order valence-electron chi connectivity index (χ3n) is 3.82. The first-order valence-electron chi connectivity index (χ1n) is 7.91. The molecule has 1 aromatic heterocycles. The predicted octanol–water partition coefficient (Wildman–Crippen LogP) is 1.87. The normalized spacial score (nSPS) is 15.4. The summed E-state index contributed by atoms with van der Waals surface area (Å²) < 4.78 is 5.68. The molecule has 0 saturated heterocycles. The highest BCUT2D eigenvalue weighted by Gasteiger charge is 2.19. The minimum Gasteiger partial charge on any atom is -0.619 e. The van der Waals surface area contributed by atoms with E-state index in [9.17, 15) is 14.8 Å². The molecule has 0 aliphatic heterocycles. The van der Waals surface area contributed by atoms with Gasteiger partial charge in [0.2, 0.25) is 0 Å². The Balaban J connectivity index is 1.74. The van der Waals surface area contributed by atoms with Crippen LogP contribution in [-0.4, -0.2) is 24.5 Å². The van der Waals surface area contributed by atoms with Crippen LogP contribution in [0.1, 0.15) is 49.4 Å². The molecular weight excluding hydrogens is 296 g/mol. The van der Waals surface area contributed by atoms with Crippen LogP contribution in [0.25, 0.3) is 0 Å². The van der Waals surface area contributed by atoms with E-state index in [1.54, 1.807) is 0 Å². The van der Waals surface area contributed by atoms with Crippen molar-refractivity contribution in [1.29, 1.82) is 0 Å². The second-order valence-electron chi connectivity index (χ2n) is 5.64. The maximum absolute atomic E-state index is 11.9. The first-order chi connectivity index (χ1) is 11.1. The average molecular weight is 318 g/mol. The van der Waals surface area contributed by atoms with Crippen molar-refractivity contribution >= 4 is 11.9 Å². The van der Waals surface area contributed by atoms with Crippen LogP contribution in [0.5, 0.6) is 0 Å². The van der Waals surface area contributed by atoms with Crippen LogP contribution >= 0.6 is 0 Å². The second-order valence-corrected chi connectivity index (χ2v) is 5.64. The Morgan fingerprint density at radius 1 is 1.35 bits per heavy atom. The number of rotatable bonds is 6. The molecular formula is C17H22N2O4. The van der Waals surface area contributed by atoms with E-state index in [1.807, 2.05) is 0 Å². The molecule has 1 N–H and O–H groups in total. The minimum absolute atomic E-state index is 0.240. The monoisotopic (exact) mass is 318 g/mol. The number of allylic oxidation sites excluding steroid dienone is 1. The standard InChI is InChI=1S/C17H22N2O4/c1-13(23-17(21)15-8-11-19(22)12-9-15)16(20)18-10-7-14-5-3-2-4-6-14/h5,8-9,11-13H,2-4,6-7,10H2,1H3,(H,18,20)/t13-/m1/s1. The van der Waals surface area contributed by atoms with E-state index in [4.69, 9.17) is 4.74 Å². The van der Waals surface area contributed by atoms with Crippen molar-refractivity contribution in [1.82, 2.24) is 5.32 Å². The quantitative estimate of drug-likeness (QED) is 0.376. The van der Waals surface area contributed by atoms with E-state index in [0.29, 0.717) is 11.3 Å². The first kappa shape index (κ1) is 17.0. The van der Waals surface area contributed by atoms with E-state index in [2.05, 4.69) is 11.4 Å². The first-order valence-corrected chi connectivity index (χ1v) is 7.91. The number of nitrogens with zero attached hydrogens (tertiary/aromatic N) is 1. The van der Waals surface area contributed by atoms with Crippen LogP contribution < -0.4 is 10.0 Å². The van der Waals surface area contributed by atoms with Crippen LogP contribution in [0.15, 0.2) is 36.2 Å². The predicted molar refractivity (Wildman–Crippen MR) is 84.5 cm³/mol. The van der Waals surface area contributed by atoms with Gasteiger partial charge in [0.15, 0.2) is 18.5 Å². The fourth-order valence-electron chi connectivity index (χ4n) is 2.45. The summed E-state index contributed by atoms with van der Waals surface area (Å²) >= 11 is 0. The molecule has 1 aliphatic carbocycles. The lowest BCUT2D eigenvalue weighted by molar-refractivity contribution is -0.605. The fourth-order valence-corrected chi connectivity index (χ4v) is 2.45. The number of esters is 1. The topological polar surface area (TPSA) is 82.3 Å². The summed E-state index contributed by atoms with van der Waals surface area (Å²) in [7, 11) is 0. The number of ether oxygens (including phenoxy) is 1. The zero-order valence-electron chi connectivity index (χ0n) is 13.3. The second kappa shape index (κ2) is 8.31. The molecule has 0 unspecified atom stereocenters. The van der Waals surface area contributed by atoms with Gasteiger partial charge >= 0.3 is 5.97 Å². The molecule has 0 spiro atoms. The number of hydrogen-bond acceptors (Lipinski definition) is 4. The van der Waals surface area contributed by atoms with Crippen molar-refractivity contribution < 1.29 is 19.1 Å². The van der Waals surface area contributed by atoms with Gasteiger partial charge in [-0.3, -0.25) is 4.79 Å². The highest BCUT2D eigenvalue weighted by atomic mass is 16.5. The van der Waals surface area contributed by atoms with Crippen molar-refractivity contribution in [2.75, 3.05) is 6.54 Å². The summed E-state index contributed by atoms with van der Waals surface area (Å²) in [4.78, 5) is 23.8. The molecule has 0 bridgehead atoms.